The predicted molar refractivity (Wildman–Crippen MR) is 54.3 cm³/mol. The minimum absolute atomic E-state index is 0.446. The lowest BCUT2D eigenvalue weighted by Gasteiger charge is -2.09. The van der Waals surface area contributed by atoms with Crippen LogP contribution in [0.2, 0.25) is 0 Å². The van der Waals surface area contributed by atoms with Gasteiger partial charge in [-0.3, -0.25) is 0 Å². The smallest absolute Gasteiger partial charge is 0.108 e. The first-order chi connectivity index (χ1) is 5.70. The second-order valence-corrected chi connectivity index (χ2v) is 2.97. The van der Waals surface area contributed by atoms with E-state index in [9.17, 15) is 0 Å². The van der Waals surface area contributed by atoms with Crippen molar-refractivity contribution < 1.29 is 5.11 Å². The number of hydrogen-bond acceptors (Lipinski definition) is 2. The van der Waals surface area contributed by atoms with Gasteiger partial charge in [0.1, 0.15) is 11.1 Å². The minimum atomic E-state index is -0.597. The van der Waals surface area contributed by atoms with Crippen LogP contribution in [0.1, 0.15) is 6.92 Å². The van der Waals surface area contributed by atoms with Crippen molar-refractivity contribution >= 4 is 22.9 Å². The zero-order valence-electron chi connectivity index (χ0n) is 6.82. The van der Waals surface area contributed by atoms with Crippen LogP contribution in [0.4, 0.5) is 5.69 Å². The monoisotopic (exact) mass is 181 g/mol. The minimum Gasteiger partial charge on any atom is -0.386 e. The van der Waals surface area contributed by atoms with Gasteiger partial charge in [-0.2, -0.15) is 0 Å². The number of anilines is 1. The van der Waals surface area contributed by atoms with Crippen LogP contribution in [0.15, 0.2) is 30.3 Å². The normalized spacial score (nSPS) is 12.2. The molecule has 0 aliphatic rings. The summed E-state index contributed by atoms with van der Waals surface area (Å²) in [6.45, 7) is 1.64. The van der Waals surface area contributed by atoms with E-state index in [1.165, 1.54) is 0 Å². The molecular formula is C9H11NOS. The third-order valence-corrected chi connectivity index (χ3v) is 1.86. The van der Waals surface area contributed by atoms with Gasteiger partial charge in [-0.15, -0.1) is 0 Å². The van der Waals surface area contributed by atoms with Crippen LogP contribution in [0.5, 0.6) is 0 Å². The van der Waals surface area contributed by atoms with Gasteiger partial charge in [0.2, 0.25) is 0 Å². The molecule has 0 amide bonds. The Labute approximate surface area is 77.2 Å². The second-order valence-electron chi connectivity index (χ2n) is 2.53. The number of hydrogen-bond donors (Lipinski definition) is 2. The quantitative estimate of drug-likeness (QED) is 0.682. The van der Waals surface area contributed by atoms with Crippen LogP contribution in [0.3, 0.4) is 0 Å². The topological polar surface area (TPSA) is 32.3 Å². The number of aliphatic hydroxyl groups excluding tert-OH is 1. The van der Waals surface area contributed by atoms with Gasteiger partial charge in [0, 0.05) is 5.69 Å². The van der Waals surface area contributed by atoms with Gasteiger partial charge >= 0.3 is 0 Å². The number of para-hydroxylation sites is 1. The average molecular weight is 181 g/mol. The molecule has 0 fully saturated rings. The fourth-order valence-corrected chi connectivity index (χ4v) is 0.886. The summed E-state index contributed by atoms with van der Waals surface area (Å²) >= 11 is 4.90. The molecule has 0 saturated carbocycles. The highest BCUT2D eigenvalue weighted by Gasteiger charge is 2.02. The van der Waals surface area contributed by atoms with Gasteiger partial charge < -0.3 is 10.4 Å². The maximum atomic E-state index is 9.08. The van der Waals surface area contributed by atoms with E-state index in [1.54, 1.807) is 6.92 Å². The zero-order valence-corrected chi connectivity index (χ0v) is 7.64. The third kappa shape index (κ3) is 2.60. The van der Waals surface area contributed by atoms with Crippen LogP contribution in [0.25, 0.3) is 0 Å². The molecule has 1 rings (SSSR count). The number of nitrogens with one attached hydrogen (secondary N) is 1. The van der Waals surface area contributed by atoms with Gasteiger partial charge in [-0.25, -0.2) is 0 Å². The highest BCUT2D eigenvalue weighted by atomic mass is 32.1. The summed E-state index contributed by atoms with van der Waals surface area (Å²) in [4.78, 5) is 0.446. The number of rotatable bonds is 2. The molecule has 2 N–H and O–H groups in total. The van der Waals surface area contributed by atoms with E-state index in [0.717, 1.165) is 5.69 Å². The molecule has 1 atom stereocenters. The lowest BCUT2D eigenvalue weighted by molar-refractivity contribution is 0.264. The Hall–Kier alpha value is -0.930. The Balaban J connectivity index is 2.59. The maximum absolute atomic E-state index is 9.08. The van der Waals surface area contributed by atoms with E-state index >= 15 is 0 Å². The predicted octanol–water partition coefficient (Wildman–Crippen LogP) is 1.81. The van der Waals surface area contributed by atoms with E-state index < -0.39 is 6.10 Å². The molecule has 64 valence electrons. The SMILES string of the molecule is CC(O)C(=S)Nc1ccccc1. The molecule has 0 saturated heterocycles. The standard InChI is InChI=1S/C9H11NOS/c1-7(11)9(12)10-8-5-3-2-4-6-8/h2-7,11H,1H3,(H,10,12). The van der Waals surface area contributed by atoms with Crippen LogP contribution >= 0.6 is 12.2 Å². The first kappa shape index (κ1) is 9.16. The van der Waals surface area contributed by atoms with Gasteiger partial charge in [0.25, 0.3) is 0 Å². The van der Waals surface area contributed by atoms with Gasteiger partial charge in [0.15, 0.2) is 0 Å². The van der Waals surface area contributed by atoms with Gasteiger partial charge in [0.05, 0.1) is 0 Å². The van der Waals surface area contributed by atoms with Crippen LogP contribution in [-0.2, 0) is 0 Å². The highest BCUT2D eigenvalue weighted by molar-refractivity contribution is 7.80. The van der Waals surface area contributed by atoms with E-state index in [0.29, 0.717) is 4.99 Å². The van der Waals surface area contributed by atoms with Crippen molar-refractivity contribution in [2.24, 2.45) is 0 Å². The van der Waals surface area contributed by atoms with E-state index in [4.69, 9.17) is 17.3 Å². The molecule has 3 heteroatoms. The molecule has 0 aliphatic carbocycles. The zero-order chi connectivity index (χ0) is 8.97. The first-order valence-corrected chi connectivity index (χ1v) is 4.15. The van der Waals surface area contributed by atoms with E-state index in [-0.39, 0.29) is 0 Å². The molecule has 1 aromatic carbocycles. The molecule has 0 heterocycles. The molecule has 2 nitrogen and oxygen atoms in total. The Morgan fingerprint density at radius 1 is 1.42 bits per heavy atom. The van der Waals surface area contributed by atoms with Gasteiger partial charge in [-0.05, 0) is 19.1 Å². The molecule has 0 radical (unpaired) electrons. The molecule has 0 aromatic heterocycles. The van der Waals surface area contributed by atoms with Crippen molar-refractivity contribution in [3.05, 3.63) is 30.3 Å². The van der Waals surface area contributed by atoms with Crippen molar-refractivity contribution in [1.82, 2.24) is 0 Å². The molecule has 0 bridgehead atoms. The molecule has 1 aromatic rings. The maximum Gasteiger partial charge on any atom is 0.108 e. The first-order valence-electron chi connectivity index (χ1n) is 3.74. The molecule has 0 spiro atoms. The summed E-state index contributed by atoms with van der Waals surface area (Å²) in [6.07, 6.45) is -0.597. The summed E-state index contributed by atoms with van der Waals surface area (Å²) in [5.74, 6) is 0. The largest absolute Gasteiger partial charge is 0.386 e. The number of benzene rings is 1. The van der Waals surface area contributed by atoms with Crippen LogP contribution < -0.4 is 5.32 Å². The Morgan fingerprint density at radius 2 is 2.00 bits per heavy atom. The molecule has 12 heavy (non-hydrogen) atoms. The molecule has 0 aliphatic heterocycles. The Morgan fingerprint density at radius 3 is 2.50 bits per heavy atom. The van der Waals surface area contributed by atoms with Crippen molar-refractivity contribution in [2.75, 3.05) is 5.32 Å². The van der Waals surface area contributed by atoms with Crippen LogP contribution in [0, 0.1) is 0 Å². The Kier molecular flexibility index (Phi) is 3.19. The summed E-state index contributed by atoms with van der Waals surface area (Å²) in [7, 11) is 0. The number of aliphatic hydroxyl groups is 1. The van der Waals surface area contributed by atoms with E-state index in [1.807, 2.05) is 30.3 Å². The van der Waals surface area contributed by atoms with Crippen molar-refractivity contribution in [2.45, 2.75) is 13.0 Å². The molecule has 1 unspecified atom stereocenters. The average Bonchev–Trinajstić information content (AvgIpc) is 2.06. The fourth-order valence-electron chi connectivity index (χ4n) is 0.768. The van der Waals surface area contributed by atoms with Crippen molar-refractivity contribution in [3.63, 3.8) is 0 Å². The lowest BCUT2D eigenvalue weighted by Crippen LogP contribution is -2.22. The Bertz CT molecular complexity index is 258. The number of thiocarbonyl (C=S) groups is 1. The third-order valence-electron chi connectivity index (χ3n) is 1.42. The van der Waals surface area contributed by atoms with Crippen LogP contribution in [-0.4, -0.2) is 16.2 Å². The lowest BCUT2D eigenvalue weighted by atomic mass is 10.3. The summed E-state index contributed by atoms with van der Waals surface area (Å²) in [5.41, 5.74) is 0.906. The van der Waals surface area contributed by atoms with E-state index in [2.05, 4.69) is 5.32 Å². The highest BCUT2D eigenvalue weighted by Crippen LogP contribution is 2.05. The van der Waals surface area contributed by atoms with Crippen molar-refractivity contribution in [3.8, 4) is 0 Å². The molecular weight excluding hydrogens is 170 g/mol. The summed E-state index contributed by atoms with van der Waals surface area (Å²) < 4.78 is 0. The second kappa shape index (κ2) is 4.18. The summed E-state index contributed by atoms with van der Waals surface area (Å²) in [6, 6.07) is 9.54. The van der Waals surface area contributed by atoms with Crippen molar-refractivity contribution in [1.29, 1.82) is 0 Å². The fraction of sp³-hybridized carbons (Fsp3) is 0.222. The summed E-state index contributed by atoms with van der Waals surface area (Å²) in [5, 5.41) is 12.0. The van der Waals surface area contributed by atoms with Gasteiger partial charge in [-0.1, -0.05) is 30.4 Å².